The lowest BCUT2D eigenvalue weighted by Crippen LogP contribution is -2.59. The molecule has 1 aromatic rings. The van der Waals surface area contributed by atoms with Gasteiger partial charge in [0.25, 0.3) is 0 Å². The number of halogens is 2. The van der Waals surface area contributed by atoms with Crippen molar-refractivity contribution in [2.75, 3.05) is 13.2 Å². The smallest absolute Gasteiger partial charge is 0.132 e. The van der Waals surface area contributed by atoms with Crippen LogP contribution in [0.4, 0.5) is 8.78 Å². The number of hydrogen-bond acceptors (Lipinski definition) is 3. The van der Waals surface area contributed by atoms with Crippen LogP contribution in [0.5, 0.6) is 0 Å². The third-order valence-electron chi connectivity index (χ3n) is 3.71. The van der Waals surface area contributed by atoms with Gasteiger partial charge >= 0.3 is 0 Å². The average Bonchev–Trinajstić information content (AvgIpc) is 2.27. The third kappa shape index (κ3) is 1.92. The molecule has 98 valence electrons. The van der Waals surface area contributed by atoms with E-state index in [1.165, 1.54) is 18.2 Å². The van der Waals surface area contributed by atoms with Crippen molar-refractivity contribution in [1.82, 2.24) is 5.32 Å². The van der Waals surface area contributed by atoms with E-state index in [0.29, 0.717) is 13.2 Å². The Kier molecular flexibility index (Phi) is 2.84. The van der Waals surface area contributed by atoms with Gasteiger partial charge in [-0.3, -0.25) is 0 Å². The summed E-state index contributed by atoms with van der Waals surface area (Å²) in [5.41, 5.74) is -1.65. The molecule has 18 heavy (non-hydrogen) atoms. The first kappa shape index (κ1) is 12.0. The highest BCUT2D eigenvalue weighted by molar-refractivity contribution is 5.28. The Bertz CT molecular complexity index is 434. The standard InChI is InChI=1S/C13H15F2NO2/c14-10-2-1-3-11(15)12(10)13(17)4-8-6-18-7-9(5-13)16-8/h1-3,8-9,16-17H,4-7H2. The molecule has 1 aromatic carbocycles. The summed E-state index contributed by atoms with van der Waals surface area (Å²) in [6.45, 7) is 0.934. The molecule has 0 spiro atoms. The highest BCUT2D eigenvalue weighted by atomic mass is 19.1. The Morgan fingerprint density at radius 2 is 1.72 bits per heavy atom. The van der Waals surface area contributed by atoms with Gasteiger partial charge in [-0.1, -0.05) is 6.07 Å². The lowest BCUT2D eigenvalue weighted by atomic mass is 9.77. The molecule has 2 aliphatic rings. The van der Waals surface area contributed by atoms with Crippen LogP contribution in [0.2, 0.25) is 0 Å². The van der Waals surface area contributed by atoms with Crippen molar-refractivity contribution in [2.24, 2.45) is 0 Å². The van der Waals surface area contributed by atoms with Crippen molar-refractivity contribution in [3.8, 4) is 0 Å². The van der Waals surface area contributed by atoms with Gasteiger partial charge in [0.05, 0.1) is 24.4 Å². The van der Waals surface area contributed by atoms with Crippen LogP contribution < -0.4 is 5.32 Å². The molecule has 2 atom stereocenters. The maximum absolute atomic E-state index is 13.8. The molecule has 2 aliphatic heterocycles. The van der Waals surface area contributed by atoms with Crippen molar-refractivity contribution in [2.45, 2.75) is 30.5 Å². The Hall–Kier alpha value is -1.04. The summed E-state index contributed by atoms with van der Waals surface area (Å²) in [7, 11) is 0. The first-order chi connectivity index (χ1) is 8.58. The molecule has 0 saturated carbocycles. The number of nitrogens with one attached hydrogen (secondary N) is 1. The number of morpholine rings is 1. The molecular formula is C13H15F2NO2. The van der Waals surface area contributed by atoms with E-state index in [1.54, 1.807) is 0 Å². The van der Waals surface area contributed by atoms with Gasteiger partial charge in [0.15, 0.2) is 0 Å². The van der Waals surface area contributed by atoms with Crippen LogP contribution in [-0.2, 0) is 10.3 Å². The monoisotopic (exact) mass is 255 g/mol. The number of ether oxygens (including phenoxy) is 1. The second-order valence-corrected chi connectivity index (χ2v) is 5.13. The molecule has 3 nitrogen and oxygen atoms in total. The predicted octanol–water partition coefficient (Wildman–Crippen LogP) is 1.30. The zero-order chi connectivity index (χ0) is 12.8. The SMILES string of the molecule is OC1(c2c(F)cccc2F)CC2COCC(C1)N2. The van der Waals surface area contributed by atoms with Gasteiger partial charge in [-0.2, -0.15) is 0 Å². The lowest BCUT2D eigenvalue weighted by molar-refractivity contribution is -0.0834. The van der Waals surface area contributed by atoms with Gasteiger partial charge in [-0.25, -0.2) is 8.78 Å². The molecule has 2 N–H and O–H groups in total. The minimum absolute atomic E-state index is 0.0542. The summed E-state index contributed by atoms with van der Waals surface area (Å²) in [5, 5.41) is 13.9. The molecular weight excluding hydrogens is 240 g/mol. The van der Waals surface area contributed by atoms with E-state index in [1.807, 2.05) is 0 Å². The average molecular weight is 255 g/mol. The molecule has 2 bridgehead atoms. The van der Waals surface area contributed by atoms with Gasteiger partial charge in [0.2, 0.25) is 0 Å². The molecule has 2 heterocycles. The number of hydrogen-bond donors (Lipinski definition) is 2. The number of fused-ring (bicyclic) bond motifs is 2. The quantitative estimate of drug-likeness (QED) is 0.795. The van der Waals surface area contributed by atoms with Gasteiger partial charge in [-0.05, 0) is 25.0 Å². The first-order valence-electron chi connectivity index (χ1n) is 6.09. The van der Waals surface area contributed by atoms with E-state index in [0.717, 1.165) is 0 Å². The van der Waals surface area contributed by atoms with Crippen molar-refractivity contribution >= 4 is 0 Å². The maximum atomic E-state index is 13.8. The molecule has 5 heteroatoms. The fourth-order valence-electron chi connectivity index (χ4n) is 3.06. The van der Waals surface area contributed by atoms with Crippen molar-refractivity contribution in [3.63, 3.8) is 0 Å². The number of aliphatic hydroxyl groups is 1. The van der Waals surface area contributed by atoms with Gasteiger partial charge < -0.3 is 15.2 Å². The second kappa shape index (κ2) is 4.26. The maximum Gasteiger partial charge on any atom is 0.132 e. The number of benzene rings is 1. The van der Waals surface area contributed by atoms with E-state index in [-0.39, 0.29) is 30.5 Å². The highest BCUT2D eigenvalue weighted by Crippen LogP contribution is 2.38. The van der Waals surface area contributed by atoms with Crippen molar-refractivity contribution in [1.29, 1.82) is 0 Å². The molecule has 2 saturated heterocycles. The summed E-state index contributed by atoms with van der Waals surface area (Å²) >= 11 is 0. The molecule has 3 rings (SSSR count). The van der Waals surface area contributed by atoms with E-state index >= 15 is 0 Å². The van der Waals surface area contributed by atoms with Crippen LogP contribution in [0.15, 0.2) is 18.2 Å². The van der Waals surface area contributed by atoms with Crippen molar-refractivity contribution in [3.05, 3.63) is 35.4 Å². The summed E-state index contributed by atoms with van der Waals surface area (Å²) < 4.78 is 33.0. The Morgan fingerprint density at radius 1 is 1.17 bits per heavy atom. The van der Waals surface area contributed by atoms with E-state index in [2.05, 4.69) is 5.32 Å². The highest BCUT2D eigenvalue weighted by Gasteiger charge is 2.45. The number of rotatable bonds is 1. The van der Waals surface area contributed by atoms with Crippen LogP contribution in [0.25, 0.3) is 0 Å². The zero-order valence-corrected chi connectivity index (χ0v) is 9.83. The fraction of sp³-hybridized carbons (Fsp3) is 0.538. The minimum atomic E-state index is -1.44. The van der Waals surface area contributed by atoms with E-state index < -0.39 is 17.2 Å². The lowest BCUT2D eigenvalue weighted by Gasteiger charge is -2.45. The van der Waals surface area contributed by atoms with Gasteiger partial charge in [0.1, 0.15) is 11.6 Å². The van der Waals surface area contributed by atoms with Gasteiger partial charge in [-0.15, -0.1) is 0 Å². The summed E-state index contributed by atoms with van der Waals surface area (Å²) in [5.74, 6) is -1.36. The van der Waals surface area contributed by atoms with E-state index in [4.69, 9.17) is 4.74 Å². The number of piperidine rings is 1. The minimum Gasteiger partial charge on any atom is -0.385 e. The van der Waals surface area contributed by atoms with Crippen LogP contribution in [-0.4, -0.2) is 30.4 Å². The molecule has 0 radical (unpaired) electrons. The first-order valence-corrected chi connectivity index (χ1v) is 6.09. The Morgan fingerprint density at radius 3 is 2.28 bits per heavy atom. The fourth-order valence-corrected chi connectivity index (χ4v) is 3.06. The van der Waals surface area contributed by atoms with E-state index in [9.17, 15) is 13.9 Å². The zero-order valence-electron chi connectivity index (χ0n) is 9.83. The normalized spacial score (nSPS) is 35.5. The Labute approximate surface area is 104 Å². The molecule has 2 unspecified atom stereocenters. The second-order valence-electron chi connectivity index (χ2n) is 5.13. The summed E-state index contributed by atoms with van der Waals surface area (Å²) in [6, 6.07) is 3.57. The largest absolute Gasteiger partial charge is 0.385 e. The topological polar surface area (TPSA) is 41.5 Å². The van der Waals surface area contributed by atoms with Crippen molar-refractivity contribution < 1.29 is 18.6 Å². The van der Waals surface area contributed by atoms with Crippen LogP contribution in [0.3, 0.4) is 0 Å². The third-order valence-corrected chi connectivity index (χ3v) is 3.71. The predicted molar refractivity (Wildman–Crippen MR) is 61.0 cm³/mol. The van der Waals surface area contributed by atoms with Crippen LogP contribution in [0, 0.1) is 11.6 Å². The molecule has 0 amide bonds. The van der Waals surface area contributed by atoms with Crippen LogP contribution in [0.1, 0.15) is 18.4 Å². The molecule has 2 fully saturated rings. The Balaban J connectivity index is 1.99. The van der Waals surface area contributed by atoms with Crippen LogP contribution >= 0.6 is 0 Å². The van der Waals surface area contributed by atoms with Gasteiger partial charge in [0, 0.05) is 12.1 Å². The molecule has 0 aliphatic carbocycles. The summed E-state index contributed by atoms with van der Waals surface area (Å²) in [4.78, 5) is 0. The summed E-state index contributed by atoms with van der Waals surface area (Å²) in [6.07, 6.45) is 0.530. The molecule has 0 aromatic heterocycles.